The highest BCUT2D eigenvalue weighted by molar-refractivity contribution is 7.80. The number of carbonyl (C=O) groups excluding carboxylic acids is 1. The van der Waals surface area contributed by atoms with Crippen LogP contribution in [0, 0.1) is 5.92 Å². The van der Waals surface area contributed by atoms with E-state index in [1.807, 2.05) is 6.92 Å². The predicted molar refractivity (Wildman–Crippen MR) is 79.5 cm³/mol. The van der Waals surface area contributed by atoms with Crippen molar-refractivity contribution in [1.82, 2.24) is 16.2 Å². The quantitative estimate of drug-likeness (QED) is 0.510. The van der Waals surface area contributed by atoms with E-state index in [0.29, 0.717) is 18.1 Å². The van der Waals surface area contributed by atoms with Gasteiger partial charge in [0.05, 0.1) is 6.61 Å². The first-order chi connectivity index (χ1) is 9.11. The van der Waals surface area contributed by atoms with Crippen molar-refractivity contribution in [3.05, 3.63) is 0 Å². The van der Waals surface area contributed by atoms with Crippen molar-refractivity contribution in [3.8, 4) is 0 Å². The molecule has 1 fully saturated rings. The summed E-state index contributed by atoms with van der Waals surface area (Å²) in [7, 11) is 1.64. The lowest BCUT2D eigenvalue weighted by atomic mass is 10.0. The van der Waals surface area contributed by atoms with Crippen molar-refractivity contribution in [2.24, 2.45) is 5.92 Å². The van der Waals surface area contributed by atoms with E-state index in [1.54, 1.807) is 7.11 Å². The fourth-order valence-electron chi connectivity index (χ4n) is 2.37. The van der Waals surface area contributed by atoms with E-state index in [1.165, 1.54) is 25.7 Å². The third kappa shape index (κ3) is 7.32. The second kappa shape index (κ2) is 9.09. The minimum Gasteiger partial charge on any atom is -0.383 e. The van der Waals surface area contributed by atoms with Crippen molar-refractivity contribution < 1.29 is 9.53 Å². The Morgan fingerprint density at radius 1 is 1.37 bits per heavy atom. The van der Waals surface area contributed by atoms with Crippen LogP contribution in [-0.2, 0) is 9.53 Å². The van der Waals surface area contributed by atoms with Gasteiger partial charge in [-0.2, -0.15) is 0 Å². The van der Waals surface area contributed by atoms with Crippen LogP contribution in [0.3, 0.4) is 0 Å². The second-order valence-electron chi connectivity index (χ2n) is 5.19. The van der Waals surface area contributed by atoms with Crippen molar-refractivity contribution in [3.63, 3.8) is 0 Å². The maximum atomic E-state index is 11.6. The Morgan fingerprint density at radius 2 is 2.05 bits per heavy atom. The number of thiocarbonyl (C=S) groups is 1. The summed E-state index contributed by atoms with van der Waals surface area (Å²) < 4.78 is 4.99. The summed E-state index contributed by atoms with van der Waals surface area (Å²) in [6, 6.07) is 0.111. The molecule has 1 rings (SSSR count). The first-order valence-corrected chi connectivity index (χ1v) is 7.37. The Kier molecular flexibility index (Phi) is 7.74. The topological polar surface area (TPSA) is 62.4 Å². The average Bonchev–Trinajstić information content (AvgIpc) is 2.87. The highest BCUT2D eigenvalue weighted by atomic mass is 32.1. The normalized spacial score (nSPS) is 16.9. The van der Waals surface area contributed by atoms with Crippen molar-refractivity contribution in [2.75, 3.05) is 13.7 Å². The second-order valence-corrected chi connectivity index (χ2v) is 5.60. The zero-order valence-corrected chi connectivity index (χ0v) is 12.6. The number of hydrogen-bond acceptors (Lipinski definition) is 3. The van der Waals surface area contributed by atoms with Gasteiger partial charge in [0.1, 0.15) is 0 Å². The zero-order chi connectivity index (χ0) is 14.1. The first kappa shape index (κ1) is 16.2. The van der Waals surface area contributed by atoms with Gasteiger partial charge >= 0.3 is 0 Å². The number of methoxy groups -OCH3 is 1. The summed E-state index contributed by atoms with van der Waals surface area (Å²) in [5.41, 5.74) is 5.33. The number of rotatable bonds is 6. The molecule has 1 aliphatic carbocycles. The van der Waals surface area contributed by atoms with E-state index < -0.39 is 0 Å². The Morgan fingerprint density at radius 3 is 2.68 bits per heavy atom. The van der Waals surface area contributed by atoms with Crippen molar-refractivity contribution in [1.29, 1.82) is 0 Å². The lowest BCUT2D eigenvalue weighted by Crippen LogP contribution is -2.49. The lowest BCUT2D eigenvalue weighted by molar-refractivity contribution is -0.121. The molecule has 1 amide bonds. The molecule has 1 atom stereocenters. The molecule has 0 aromatic rings. The van der Waals surface area contributed by atoms with Crippen molar-refractivity contribution in [2.45, 2.75) is 51.5 Å². The van der Waals surface area contributed by atoms with E-state index in [0.717, 1.165) is 12.3 Å². The third-order valence-corrected chi connectivity index (χ3v) is 3.58. The maximum absolute atomic E-state index is 11.6. The van der Waals surface area contributed by atoms with Crippen LogP contribution in [0.5, 0.6) is 0 Å². The van der Waals surface area contributed by atoms with Crippen LogP contribution in [0.1, 0.15) is 45.4 Å². The fraction of sp³-hybridized carbons (Fsp3) is 0.846. The average molecular weight is 287 g/mol. The molecule has 0 aromatic carbocycles. The third-order valence-electron chi connectivity index (χ3n) is 3.36. The van der Waals surface area contributed by atoms with Crippen LogP contribution < -0.4 is 16.2 Å². The largest absolute Gasteiger partial charge is 0.383 e. The molecule has 0 saturated heterocycles. The molecule has 19 heavy (non-hydrogen) atoms. The molecule has 0 heterocycles. The molecule has 0 unspecified atom stereocenters. The monoisotopic (exact) mass is 287 g/mol. The number of hydrogen-bond donors (Lipinski definition) is 3. The number of hydrazine groups is 1. The summed E-state index contributed by atoms with van der Waals surface area (Å²) in [6.07, 6.45) is 6.72. The van der Waals surface area contributed by atoms with Gasteiger partial charge in [0.15, 0.2) is 5.11 Å². The number of nitrogens with one attached hydrogen (secondary N) is 3. The van der Waals surface area contributed by atoms with Gasteiger partial charge in [-0.15, -0.1) is 0 Å². The van der Waals surface area contributed by atoms with Gasteiger partial charge in [-0.25, -0.2) is 0 Å². The summed E-state index contributed by atoms with van der Waals surface area (Å²) in [5.74, 6) is 0.730. The van der Waals surface area contributed by atoms with Crippen molar-refractivity contribution >= 4 is 23.2 Å². The Balaban J connectivity index is 2.06. The van der Waals surface area contributed by atoms with Gasteiger partial charge in [0.2, 0.25) is 5.91 Å². The molecule has 6 heteroatoms. The molecular formula is C13H25N3O2S. The van der Waals surface area contributed by atoms with Gasteiger partial charge < -0.3 is 10.1 Å². The van der Waals surface area contributed by atoms with E-state index in [-0.39, 0.29) is 11.9 Å². The Hall–Kier alpha value is -0.880. The smallest absolute Gasteiger partial charge is 0.238 e. The highest BCUT2D eigenvalue weighted by Crippen LogP contribution is 2.28. The summed E-state index contributed by atoms with van der Waals surface area (Å²) in [6.45, 7) is 2.52. The molecule has 110 valence electrons. The fourth-order valence-corrected chi connectivity index (χ4v) is 2.63. The maximum Gasteiger partial charge on any atom is 0.238 e. The van der Waals surface area contributed by atoms with Crippen LogP contribution >= 0.6 is 12.2 Å². The van der Waals surface area contributed by atoms with Gasteiger partial charge in [-0.3, -0.25) is 15.6 Å². The molecule has 0 spiro atoms. The zero-order valence-electron chi connectivity index (χ0n) is 11.8. The standard InChI is InChI=1S/C13H25N3O2S/c1-10(9-18-2)14-13(19)16-15-12(17)8-7-11-5-3-4-6-11/h10-11H,3-9H2,1-2H3,(H,15,17)(H2,14,16,19)/t10-/m1/s1. The first-order valence-electron chi connectivity index (χ1n) is 6.96. The molecule has 0 bridgehead atoms. The number of carbonyl (C=O) groups is 1. The minimum atomic E-state index is -0.00422. The van der Waals surface area contributed by atoms with Crippen LogP contribution in [0.2, 0.25) is 0 Å². The Labute approximate surface area is 120 Å². The molecular weight excluding hydrogens is 262 g/mol. The van der Waals surface area contributed by atoms with E-state index >= 15 is 0 Å². The van der Waals surface area contributed by atoms with Gasteiger partial charge in [-0.05, 0) is 31.5 Å². The van der Waals surface area contributed by atoms with Crippen LogP contribution in [-0.4, -0.2) is 30.8 Å². The summed E-state index contributed by atoms with van der Waals surface area (Å²) >= 11 is 5.06. The van der Waals surface area contributed by atoms with E-state index in [9.17, 15) is 4.79 Å². The predicted octanol–water partition coefficient (Wildman–Crippen LogP) is 1.49. The van der Waals surface area contributed by atoms with Gasteiger partial charge in [0, 0.05) is 19.6 Å². The Bertz CT molecular complexity index is 294. The van der Waals surface area contributed by atoms with E-state index in [4.69, 9.17) is 17.0 Å². The van der Waals surface area contributed by atoms with Crippen LogP contribution in [0.25, 0.3) is 0 Å². The summed E-state index contributed by atoms with van der Waals surface area (Å²) in [4.78, 5) is 11.6. The SMILES string of the molecule is COC[C@@H](C)NC(=S)NNC(=O)CCC1CCCC1. The van der Waals surface area contributed by atoms with E-state index in [2.05, 4.69) is 16.2 Å². The summed E-state index contributed by atoms with van der Waals surface area (Å²) in [5, 5.41) is 3.43. The lowest BCUT2D eigenvalue weighted by Gasteiger charge is -2.16. The van der Waals surface area contributed by atoms with Crippen LogP contribution in [0.4, 0.5) is 0 Å². The molecule has 0 radical (unpaired) electrons. The molecule has 1 saturated carbocycles. The van der Waals surface area contributed by atoms with Crippen LogP contribution in [0.15, 0.2) is 0 Å². The number of amides is 1. The molecule has 1 aliphatic rings. The highest BCUT2D eigenvalue weighted by Gasteiger charge is 2.16. The molecule has 5 nitrogen and oxygen atoms in total. The molecule has 0 aliphatic heterocycles. The minimum absolute atomic E-state index is 0.00422. The van der Waals surface area contributed by atoms with Gasteiger partial charge in [0.25, 0.3) is 0 Å². The number of ether oxygens (including phenoxy) is 1. The van der Waals surface area contributed by atoms with Gasteiger partial charge in [-0.1, -0.05) is 25.7 Å². The molecule has 3 N–H and O–H groups in total. The molecule has 0 aromatic heterocycles.